The highest BCUT2D eigenvalue weighted by atomic mass is 35.5. The van der Waals surface area contributed by atoms with Crippen molar-refractivity contribution < 1.29 is 9.21 Å². The molecule has 0 saturated heterocycles. The summed E-state index contributed by atoms with van der Waals surface area (Å²) in [4.78, 5) is 16.2. The quantitative estimate of drug-likeness (QED) is 0.734. The number of carbonyl (C=O) groups is 1. The van der Waals surface area contributed by atoms with E-state index in [1.807, 2.05) is 29.8 Å². The molecule has 5 nitrogen and oxygen atoms in total. The van der Waals surface area contributed by atoms with Crippen molar-refractivity contribution in [3.63, 3.8) is 0 Å². The lowest BCUT2D eigenvalue weighted by atomic mass is 10.1. The van der Waals surface area contributed by atoms with Crippen LogP contribution in [0.2, 0.25) is 5.02 Å². The Morgan fingerprint density at radius 1 is 1.45 bits per heavy atom. The van der Waals surface area contributed by atoms with Crippen molar-refractivity contribution in [1.82, 2.24) is 14.9 Å². The fourth-order valence-electron chi connectivity index (χ4n) is 2.39. The Hall–Kier alpha value is -2.27. The molecule has 1 N–H and O–H groups in total. The van der Waals surface area contributed by atoms with Crippen LogP contribution in [0, 0.1) is 6.92 Å². The molecule has 2 heterocycles. The van der Waals surface area contributed by atoms with E-state index < -0.39 is 0 Å². The Labute approximate surface area is 132 Å². The topological polar surface area (TPSA) is 60.1 Å². The van der Waals surface area contributed by atoms with Crippen molar-refractivity contribution >= 4 is 28.5 Å². The van der Waals surface area contributed by atoms with Crippen LogP contribution in [-0.2, 0) is 6.54 Å². The van der Waals surface area contributed by atoms with Gasteiger partial charge in [-0.1, -0.05) is 23.7 Å². The lowest BCUT2D eigenvalue weighted by molar-refractivity contribution is 0.0926. The Morgan fingerprint density at radius 2 is 2.32 bits per heavy atom. The van der Waals surface area contributed by atoms with E-state index in [0.717, 1.165) is 23.9 Å². The number of halogens is 1. The average molecular weight is 318 g/mol. The smallest absolute Gasteiger partial charge is 0.287 e. The van der Waals surface area contributed by atoms with Crippen molar-refractivity contribution in [2.45, 2.75) is 19.9 Å². The van der Waals surface area contributed by atoms with Crippen molar-refractivity contribution in [1.29, 1.82) is 0 Å². The molecule has 0 bridgehead atoms. The van der Waals surface area contributed by atoms with Gasteiger partial charge in [0, 0.05) is 36.4 Å². The van der Waals surface area contributed by atoms with Gasteiger partial charge in [-0.25, -0.2) is 4.98 Å². The third kappa shape index (κ3) is 2.85. The van der Waals surface area contributed by atoms with E-state index in [0.29, 0.717) is 22.9 Å². The van der Waals surface area contributed by atoms with Gasteiger partial charge in [0.1, 0.15) is 0 Å². The predicted molar refractivity (Wildman–Crippen MR) is 85.1 cm³/mol. The van der Waals surface area contributed by atoms with E-state index in [1.165, 1.54) is 0 Å². The number of imidazole rings is 1. The van der Waals surface area contributed by atoms with Crippen LogP contribution in [0.1, 0.15) is 22.5 Å². The lowest BCUT2D eigenvalue weighted by Crippen LogP contribution is -2.25. The average Bonchev–Trinajstić information content (AvgIpc) is 3.13. The van der Waals surface area contributed by atoms with Crippen molar-refractivity contribution in [3.05, 3.63) is 53.3 Å². The van der Waals surface area contributed by atoms with Crippen LogP contribution < -0.4 is 5.32 Å². The molecule has 1 aromatic carbocycles. The minimum Gasteiger partial charge on any atom is -0.449 e. The number of rotatable bonds is 5. The summed E-state index contributed by atoms with van der Waals surface area (Å²) in [6, 6.07) is 5.50. The molecule has 3 rings (SSSR count). The number of hydrogen-bond acceptors (Lipinski definition) is 3. The second kappa shape index (κ2) is 6.23. The van der Waals surface area contributed by atoms with Gasteiger partial charge in [-0.15, -0.1) is 0 Å². The maximum atomic E-state index is 12.2. The van der Waals surface area contributed by atoms with Crippen LogP contribution in [0.25, 0.3) is 11.0 Å². The van der Waals surface area contributed by atoms with Crippen LogP contribution in [0.5, 0.6) is 0 Å². The minimum atomic E-state index is -0.213. The first-order chi connectivity index (χ1) is 10.7. The van der Waals surface area contributed by atoms with Gasteiger partial charge in [0.25, 0.3) is 5.91 Å². The van der Waals surface area contributed by atoms with Gasteiger partial charge in [0.15, 0.2) is 11.3 Å². The SMILES string of the molecule is Cc1c(C(=O)NCCCn2ccnc2)oc2c(Cl)cccc12. The molecule has 0 fully saturated rings. The maximum absolute atomic E-state index is 12.2. The summed E-state index contributed by atoms with van der Waals surface area (Å²) in [5.41, 5.74) is 1.37. The van der Waals surface area contributed by atoms with Gasteiger partial charge in [-0.05, 0) is 19.4 Å². The van der Waals surface area contributed by atoms with E-state index in [4.69, 9.17) is 16.0 Å². The second-order valence-electron chi connectivity index (χ2n) is 5.08. The summed E-state index contributed by atoms with van der Waals surface area (Å²) >= 11 is 6.10. The number of carbonyl (C=O) groups excluding carboxylic acids is 1. The number of nitrogens with zero attached hydrogens (tertiary/aromatic N) is 2. The zero-order chi connectivity index (χ0) is 15.5. The van der Waals surface area contributed by atoms with E-state index in [9.17, 15) is 4.79 Å². The number of fused-ring (bicyclic) bond motifs is 1. The van der Waals surface area contributed by atoms with E-state index >= 15 is 0 Å². The van der Waals surface area contributed by atoms with Crippen LogP contribution >= 0.6 is 11.6 Å². The fraction of sp³-hybridized carbons (Fsp3) is 0.250. The molecule has 22 heavy (non-hydrogen) atoms. The molecule has 3 aromatic rings. The molecule has 0 unspecified atom stereocenters. The first-order valence-electron chi connectivity index (χ1n) is 7.08. The maximum Gasteiger partial charge on any atom is 0.287 e. The Morgan fingerprint density at radius 3 is 3.05 bits per heavy atom. The number of hydrogen-bond donors (Lipinski definition) is 1. The monoisotopic (exact) mass is 317 g/mol. The van der Waals surface area contributed by atoms with Gasteiger partial charge >= 0.3 is 0 Å². The predicted octanol–water partition coefficient (Wildman–Crippen LogP) is 3.41. The number of aryl methyl sites for hydroxylation is 2. The van der Waals surface area contributed by atoms with Gasteiger partial charge in [0.05, 0.1) is 11.3 Å². The van der Waals surface area contributed by atoms with Crippen molar-refractivity contribution in [3.8, 4) is 0 Å². The lowest BCUT2D eigenvalue weighted by Gasteiger charge is -2.04. The van der Waals surface area contributed by atoms with Crippen molar-refractivity contribution in [2.24, 2.45) is 0 Å². The molecular weight excluding hydrogens is 302 g/mol. The number of nitrogens with one attached hydrogen (secondary N) is 1. The Bertz CT molecular complexity index is 793. The molecule has 0 aliphatic rings. The summed E-state index contributed by atoms with van der Waals surface area (Å²) in [6.07, 6.45) is 6.21. The highest BCUT2D eigenvalue weighted by Crippen LogP contribution is 2.30. The van der Waals surface area contributed by atoms with Crippen LogP contribution in [0.15, 0.2) is 41.3 Å². The molecule has 6 heteroatoms. The number of para-hydroxylation sites is 1. The van der Waals surface area contributed by atoms with E-state index in [2.05, 4.69) is 10.3 Å². The molecule has 2 aromatic heterocycles. The molecule has 0 saturated carbocycles. The van der Waals surface area contributed by atoms with Crippen molar-refractivity contribution in [2.75, 3.05) is 6.54 Å². The third-order valence-corrected chi connectivity index (χ3v) is 3.86. The minimum absolute atomic E-state index is 0.213. The summed E-state index contributed by atoms with van der Waals surface area (Å²) in [5, 5.41) is 4.26. The summed E-state index contributed by atoms with van der Waals surface area (Å²) < 4.78 is 7.61. The van der Waals surface area contributed by atoms with Crippen LogP contribution in [0.4, 0.5) is 0 Å². The molecular formula is C16H16ClN3O2. The Balaban J connectivity index is 1.65. The molecule has 0 aliphatic carbocycles. The number of aromatic nitrogens is 2. The van der Waals surface area contributed by atoms with E-state index in [1.54, 1.807) is 18.6 Å². The summed E-state index contributed by atoms with van der Waals surface area (Å²) in [5.74, 6) is 0.112. The normalized spacial score (nSPS) is 11.0. The highest BCUT2D eigenvalue weighted by Gasteiger charge is 2.18. The summed E-state index contributed by atoms with van der Waals surface area (Å²) in [7, 11) is 0. The molecule has 114 valence electrons. The zero-order valence-corrected chi connectivity index (χ0v) is 12.9. The fourth-order valence-corrected chi connectivity index (χ4v) is 2.60. The first kappa shape index (κ1) is 14.7. The van der Waals surface area contributed by atoms with E-state index in [-0.39, 0.29) is 5.91 Å². The highest BCUT2D eigenvalue weighted by molar-refractivity contribution is 6.35. The molecule has 0 radical (unpaired) electrons. The number of amides is 1. The van der Waals surface area contributed by atoms with Gasteiger partial charge in [-0.2, -0.15) is 0 Å². The van der Waals surface area contributed by atoms with Gasteiger partial charge < -0.3 is 14.3 Å². The van der Waals surface area contributed by atoms with Gasteiger partial charge in [-0.3, -0.25) is 4.79 Å². The number of benzene rings is 1. The molecule has 1 amide bonds. The third-order valence-electron chi connectivity index (χ3n) is 3.56. The first-order valence-corrected chi connectivity index (χ1v) is 7.46. The zero-order valence-electron chi connectivity index (χ0n) is 12.2. The summed E-state index contributed by atoms with van der Waals surface area (Å²) in [6.45, 7) is 3.25. The molecule has 0 atom stereocenters. The van der Waals surface area contributed by atoms with Crippen LogP contribution in [0.3, 0.4) is 0 Å². The van der Waals surface area contributed by atoms with Gasteiger partial charge in [0.2, 0.25) is 0 Å². The largest absolute Gasteiger partial charge is 0.449 e. The molecule has 0 aliphatic heterocycles. The Kier molecular flexibility index (Phi) is 4.15. The van der Waals surface area contributed by atoms with Crippen LogP contribution in [-0.4, -0.2) is 22.0 Å². The number of furan rings is 1. The molecule has 0 spiro atoms. The second-order valence-corrected chi connectivity index (χ2v) is 5.49. The standard InChI is InChI=1S/C16H16ClN3O2/c1-11-12-4-2-5-13(17)15(12)22-14(11)16(21)19-6-3-8-20-9-7-18-10-20/h2,4-5,7,9-10H,3,6,8H2,1H3,(H,19,21).